The fourth-order valence-corrected chi connectivity index (χ4v) is 2.44. The maximum atomic E-state index is 12.2. The van der Waals surface area contributed by atoms with E-state index in [-0.39, 0.29) is 18.0 Å². The van der Waals surface area contributed by atoms with Gasteiger partial charge in [0, 0.05) is 24.2 Å². The number of fused-ring (bicyclic) bond motifs is 1. The van der Waals surface area contributed by atoms with Crippen LogP contribution in [-0.4, -0.2) is 36.7 Å². The van der Waals surface area contributed by atoms with E-state index in [1.54, 1.807) is 12.1 Å². The monoisotopic (exact) mass is 317 g/mol. The number of nitrogens with one attached hydrogen (secondary N) is 2. The van der Waals surface area contributed by atoms with Gasteiger partial charge in [-0.1, -0.05) is 5.16 Å². The number of oxime groups is 1. The third kappa shape index (κ3) is 3.15. The topological polar surface area (TPSA) is 106 Å². The number of nitrogens with zero attached hydrogens (tertiary/aromatic N) is 1. The number of hydrogen-bond donors (Lipinski definition) is 2. The Morgan fingerprint density at radius 2 is 2.22 bits per heavy atom. The lowest BCUT2D eigenvalue weighted by Gasteiger charge is -2.18. The predicted molar refractivity (Wildman–Crippen MR) is 81.0 cm³/mol. The largest absolute Gasteiger partial charge is 0.464 e. The van der Waals surface area contributed by atoms with Crippen LogP contribution in [0.4, 0.5) is 11.4 Å². The normalized spacial score (nSPS) is 19.1. The van der Waals surface area contributed by atoms with E-state index in [2.05, 4.69) is 20.5 Å². The standard InChI is InChI=1S/C15H15N3O5/c1-22-15(21)11-7-12(23-18-11)14(20)16-9-3-4-10-8(6-9)2-5-13(19)17-10/h3-4,6,12H,2,5,7H2,1H3,(H,16,20)(H,17,19)/t12-/m1/s1. The van der Waals surface area contributed by atoms with Crippen molar-refractivity contribution in [3.05, 3.63) is 23.8 Å². The predicted octanol–water partition coefficient (Wildman–Crippen LogP) is 0.828. The number of amides is 2. The van der Waals surface area contributed by atoms with Crippen molar-refractivity contribution in [2.24, 2.45) is 5.16 Å². The maximum Gasteiger partial charge on any atom is 0.355 e. The van der Waals surface area contributed by atoms with E-state index in [0.29, 0.717) is 18.5 Å². The maximum absolute atomic E-state index is 12.2. The summed E-state index contributed by atoms with van der Waals surface area (Å²) in [4.78, 5) is 39.8. The van der Waals surface area contributed by atoms with Crippen molar-refractivity contribution in [3.8, 4) is 0 Å². The van der Waals surface area contributed by atoms with Crippen LogP contribution in [0.15, 0.2) is 23.4 Å². The highest BCUT2D eigenvalue weighted by molar-refractivity contribution is 6.37. The number of esters is 1. The van der Waals surface area contributed by atoms with Crippen LogP contribution in [0.1, 0.15) is 18.4 Å². The smallest absolute Gasteiger partial charge is 0.355 e. The summed E-state index contributed by atoms with van der Waals surface area (Å²) in [7, 11) is 1.24. The first kappa shape index (κ1) is 15.0. The van der Waals surface area contributed by atoms with Crippen molar-refractivity contribution < 1.29 is 24.0 Å². The molecule has 0 bridgehead atoms. The van der Waals surface area contributed by atoms with E-state index in [1.807, 2.05) is 6.07 Å². The van der Waals surface area contributed by atoms with Gasteiger partial charge in [-0.25, -0.2) is 4.79 Å². The summed E-state index contributed by atoms with van der Waals surface area (Å²) in [6.07, 6.45) is 0.256. The molecule has 120 valence electrons. The zero-order valence-electron chi connectivity index (χ0n) is 12.4. The summed E-state index contributed by atoms with van der Waals surface area (Å²) in [5.41, 5.74) is 2.40. The van der Waals surface area contributed by atoms with E-state index in [4.69, 9.17) is 4.84 Å². The second-order valence-electron chi connectivity index (χ2n) is 5.24. The number of aryl methyl sites for hydroxylation is 1. The van der Waals surface area contributed by atoms with Gasteiger partial charge in [0.1, 0.15) is 0 Å². The van der Waals surface area contributed by atoms with E-state index < -0.39 is 18.0 Å². The third-order valence-corrected chi connectivity index (χ3v) is 3.65. The molecule has 2 N–H and O–H groups in total. The Kier molecular flexibility index (Phi) is 3.96. The lowest BCUT2D eigenvalue weighted by molar-refractivity contribution is -0.132. The Balaban J connectivity index is 1.63. The summed E-state index contributed by atoms with van der Waals surface area (Å²) in [6, 6.07) is 5.25. The molecule has 8 heteroatoms. The highest BCUT2D eigenvalue weighted by atomic mass is 16.7. The molecule has 1 aromatic carbocycles. The number of carbonyl (C=O) groups excluding carboxylic acids is 3. The van der Waals surface area contributed by atoms with Gasteiger partial charge in [-0.3, -0.25) is 9.59 Å². The first-order valence-electron chi connectivity index (χ1n) is 7.11. The molecule has 0 aliphatic carbocycles. The molecule has 8 nitrogen and oxygen atoms in total. The molecule has 0 aromatic heterocycles. The minimum atomic E-state index is -0.861. The van der Waals surface area contributed by atoms with E-state index in [0.717, 1.165) is 11.3 Å². The molecule has 1 aromatic rings. The van der Waals surface area contributed by atoms with Crippen LogP contribution in [0.2, 0.25) is 0 Å². The van der Waals surface area contributed by atoms with Gasteiger partial charge in [0.25, 0.3) is 5.91 Å². The van der Waals surface area contributed by atoms with E-state index in [1.165, 1.54) is 7.11 Å². The summed E-state index contributed by atoms with van der Waals surface area (Å²) in [5, 5.41) is 9.06. The molecule has 23 heavy (non-hydrogen) atoms. The molecule has 0 radical (unpaired) electrons. The molecular formula is C15H15N3O5. The average Bonchev–Trinajstić information content (AvgIpc) is 3.04. The molecule has 2 aliphatic heterocycles. The lowest BCUT2D eigenvalue weighted by Crippen LogP contribution is -2.29. The molecule has 0 spiro atoms. The van der Waals surface area contributed by atoms with Crippen LogP contribution in [0, 0.1) is 0 Å². The van der Waals surface area contributed by atoms with Crippen LogP contribution in [0.25, 0.3) is 0 Å². The van der Waals surface area contributed by atoms with Crippen LogP contribution in [0.3, 0.4) is 0 Å². The van der Waals surface area contributed by atoms with Gasteiger partial charge in [0.15, 0.2) is 5.71 Å². The summed E-state index contributed by atoms with van der Waals surface area (Å²) in [6.45, 7) is 0. The molecule has 2 heterocycles. The first-order valence-corrected chi connectivity index (χ1v) is 7.11. The van der Waals surface area contributed by atoms with Gasteiger partial charge in [-0.15, -0.1) is 0 Å². The Morgan fingerprint density at radius 1 is 1.39 bits per heavy atom. The molecule has 0 saturated carbocycles. The van der Waals surface area contributed by atoms with Crippen LogP contribution >= 0.6 is 0 Å². The van der Waals surface area contributed by atoms with Gasteiger partial charge >= 0.3 is 5.97 Å². The number of anilines is 2. The van der Waals surface area contributed by atoms with Crippen molar-refractivity contribution in [1.82, 2.24) is 0 Å². The Hall–Kier alpha value is -2.90. The van der Waals surface area contributed by atoms with Crippen molar-refractivity contribution in [2.75, 3.05) is 17.7 Å². The van der Waals surface area contributed by atoms with Gasteiger partial charge < -0.3 is 20.2 Å². The fourth-order valence-electron chi connectivity index (χ4n) is 2.44. The van der Waals surface area contributed by atoms with Crippen LogP contribution in [-0.2, 0) is 30.4 Å². The highest BCUT2D eigenvalue weighted by Crippen LogP contribution is 2.26. The summed E-state index contributed by atoms with van der Waals surface area (Å²) >= 11 is 0. The van der Waals surface area contributed by atoms with Gasteiger partial charge in [-0.05, 0) is 30.2 Å². The Labute approximate surface area is 131 Å². The molecule has 0 unspecified atom stereocenters. The van der Waals surface area contributed by atoms with Crippen molar-refractivity contribution in [3.63, 3.8) is 0 Å². The first-order chi connectivity index (χ1) is 11.1. The third-order valence-electron chi connectivity index (χ3n) is 3.65. The van der Waals surface area contributed by atoms with Crippen LogP contribution in [0.5, 0.6) is 0 Å². The summed E-state index contributed by atoms with van der Waals surface area (Å²) < 4.78 is 4.54. The molecule has 2 amide bonds. The van der Waals surface area contributed by atoms with Crippen LogP contribution < -0.4 is 10.6 Å². The zero-order chi connectivity index (χ0) is 16.4. The van der Waals surface area contributed by atoms with Gasteiger partial charge in [0.2, 0.25) is 12.0 Å². The van der Waals surface area contributed by atoms with E-state index >= 15 is 0 Å². The number of rotatable bonds is 3. The number of benzene rings is 1. The fraction of sp³-hybridized carbons (Fsp3) is 0.333. The second-order valence-corrected chi connectivity index (χ2v) is 5.24. The minimum Gasteiger partial charge on any atom is -0.464 e. The minimum absolute atomic E-state index is 0.0128. The molecule has 2 aliphatic rings. The van der Waals surface area contributed by atoms with Crippen molar-refractivity contribution in [1.29, 1.82) is 0 Å². The molecule has 0 fully saturated rings. The Morgan fingerprint density at radius 3 is 3.00 bits per heavy atom. The summed E-state index contributed by atoms with van der Waals surface area (Å²) in [5.74, 6) is -1.02. The lowest BCUT2D eigenvalue weighted by atomic mass is 10.0. The number of methoxy groups -OCH3 is 1. The number of carbonyl (C=O) groups is 3. The highest BCUT2D eigenvalue weighted by Gasteiger charge is 2.32. The SMILES string of the molecule is COC(=O)C1=NO[C@@H](C(=O)Nc2ccc3c(c2)CCC(=O)N3)C1. The number of ether oxygens (including phenoxy) is 1. The van der Waals surface area contributed by atoms with Crippen molar-refractivity contribution in [2.45, 2.75) is 25.4 Å². The number of hydrogen-bond acceptors (Lipinski definition) is 6. The zero-order valence-corrected chi connectivity index (χ0v) is 12.4. The molecular weight excluding hydrogens is 302 g/mol. The van der Waals surface area contributed by atoms with Gasteiger partial charge in [0.05, 0.1) is 7.11 Å². The quantitative estimate of drug-likeness (QED) is 0.803. The average molecular weight is 317 g/mol. The molecule has 0 saturated heterocycles. The second kappa shape index (κ2) is 6.07. The van der Waals surface area contributed by atoms with E-state index in [9.17, 15) is 14.4 Å². The van der Waals surface area contributed by atoms with Gasteiger partial charge in [-0.2, -0.15) is 0 Å². The molecule has 1 atom stereocenters. The molecule has 3 rings (SSSR count). The van der Waals surface area contributed by atoms with Crippen molar-refractivity contribution >= 4 is 34.9 Å². The Bertz CT molecular complexity index is 713.